The molecule has 0 aliphatic heterocycles. The van der Waals surface area contributed by atoms with Crippen molar-refractivity contribution in [2.45, 2.75) is 17.5 Å². The van der Waals surface area contributed by atoms with Crippen LogP contribution in [0.2, 0.25) is 0 Å². The van der Waals surface area contributed by atoms with E-state index in [1.54, 1.807) is 19.7 Å². The first kappa shape index (κ1) is 19.6. The van der Waals surface area contributed by atoms with E-state index in [1.165, 1.54) is 23.1 Å². The second-order valence-electron chi connectivity index (χ2n) is 6.68. The summed E-state index contributed by atoms with van der Waals surface area (Å²) < 4.78 is 13.1. The van der Waals surface area contributed by atoms with Gasteiger partial charge < -0.3 is 18.7 Å². The van der Waals surface area contributed by atoms with E-state index in [-0.39, 0.29) is 5.56 Å². The van der Waals surface area contributed by atoms with Crippen LogP contribution in [-0.2, 0) is 12.3 Å². The average molecular weight is 452 g/mol. The summed E-state index contributed by atoms with van der Waals surface area (Å²) in [5.74, 6) is 2.67. The second kappa shape index (κ2) is 8.40. The summed E-state index contributed by atoms with van der Waals surface area (Å²) in [5.41, 5.74) is 1.57. The van der Waals surface area contributed by atoms with E-state index in [2.05, 4.69) is 20.2 Å². The van der Waals surface area contributed by atoms with Crippen LogP contribution in [0.4, 0.5) is 0 Å². The molecule has 4 aromatic heterocycles. The molecule has 10 heteroatoms. The molecule has 8 nitrogen and oxygen atoms in total. The van der Waals surface area contributed by atoms with Gasteiger partial charge in [-0.3, -0.25) is 4.79 Å². The van der Waals surface area contributed by atoms with E-state index in [0.717, 1.165) is 27.1 Å². The van der Waals surface area contributed by atoms with Gasteiger partial charge in [0.05, 0.1) is 31.2 Å². The summed E-state index contributed by atoms with van der Waals surface area (Å²) >= 11 is 2.89. The highest BCUT2D eigenvalue weighted by atomic mass is 32.2. The lowest BCUT2D eigenvalue weighted by Crippen LogP contribution is -2.09. The van der Waals surface area contributed by atoms with Crippen molar-refractivity contribution in [3.8, 4) is 16.2 Å². The molecule has 0 amide bonds. The zero-order chi connectivity index (χ0) is 21.2. The van der Waals surface area contributed by atoms with Crippen LogP contribution in [0.25, 0.3) is 20.7 Å². The van der Waals surface area contributed by atoms with Crippen molar-refractivity contribution in [2.75, 3.05) is 7.11 Å². The number of aromatic amines is 1. The molecule has 1 N–H and O–H groups in total. The lowest BCUT2D eigenvalue weighted by Gasteiger charge is -2.04. The fourth-order valence-corrected chi connectivity index (χ4v) is 4.90. The summed E-state index contributed by atoms with van der Waals surface area (Å²) in [4.78, 5) is 21.2. The fourth-order valence-electron chi connectivity index (χ4n) is 3.12. The SMILES string of the molecule is COc1ccc(-c2cc3nc(CSc4nncn4Cc4ccco4)[nH]c(=O)c3s2)cc1. The van der Waals surface area contributed by atoms with Crippen LogP contribution in [0, 0.1) is 0 Å². The lowest BCUT2D eigenvalue weighted by molar-refractivity contribution is 0.415. The first-order valence-corrected chi connectivity index (χ1v) is 11.2. The lowest BCUT2D eigenvalue weighted by atomic mass is 10.2. The molecular weight excluding hydrogens is 434 g/mol. The highest BCUT2D eigenvalue weighted by Gasteiger charge is 2.13. The monoisotopic (exact) mass is 451 g/mol. The van der Waals surface area contributed by atoms with E-state index >= 15 is 0 Å². The van der Waals surface area contributed by atoms with Gasteiger partial charge in [0.2, 0.25) is 0 Å². The topological polar surface area (TPSA) is 98.8 Å². The Morgan fingerprint density at radius 1 is 1.26 bits per heavy atom. The molecule has 0 spiro atoms. The van der Waals surface area contributed by atoms with E-state index in [4.69, 9.17) is 9.15 Å². The molecule has 0 saturated heterocycles. The van der Waals surface area contributed by atoms with Crippen LogP contribution in [0.5, 0.6) is 5.75 Å². The molecule has 156 valence electrons. The number of nitrogens with one attached hydrogen (secondary N) is 1. The summed E-state index contributed by atoms with van der Waals surface area (Å²) in [6, 6.07) is 13.4. The molecule has 0 saturated carbocycles. The minimum Gasteiger partial charge on any atom is -0.497 e. The number of nitrogens with zero attached hydrogens (tertiary/aromatic N) is 4. The van der Waals surface area contributed by atoms with E-state index in [0.29, 0.717) is 28.3 Å². The van der Waals surface area contributed by atoms with Gasteiger partial charge in [0.25, 0.3) is 5.56 Å². The maximum absolute atomic E-state index is 12.6. The summed E-state index contributed by atoms with van der Waals surface area (Å²) in [6.45, 7) is 0.543. The van der Waals surface area contributed by atoms with Gasteiger partial charge in [-0.15, -0.1) is 21.5 Å². The number of benzene rings is 1. The number of furan rings is 1. The van der Waals surface area contributed by atoms with Crippen molar-refractivity contribution in [3.05, 3.63) is 77.0 Å². The first-order chi connectivity index (χ1) is 15.2. The number of rotatable bonds is 7. The third-order valence-corrected chi connectivity index (χ3v) is 6.79. The van der Waals surface area contributed by atoms with Crippen molar-refractivity contribution in [1.29, 1.82) is 0 Å². The zero-order valence-electron chi connectivity index (χ0n) is 16.4. The predicted octanol–water partition coefficient (Wildman–Crippen LogP) is 4.19. The summed E-state index contributed by atoms with van der Waals surface area (Å²) in [5, 5.41) is 8.87. The van der Waals surface area contributed by atoms with Gasteiger partial charge in [0.1, 0.15) is 28.4 Å². The molecule has 5 rings (SSSR count). The number of H-pyrrole nitrogens is 1. The summed E-state index contributed by atoms with van der Waals surface area (Å²) in [6.07, 6.45) is 3.29. The van der Waals surface area contributed by atoms with Gasteiger partial charge in [-0.05, 0) is 48.0 Å². The molecule has 31 heavy (non-hydrogen) atoms. The Morgan fingerprint density at radius 2 is 2.13 bits per heavy atom. The molecule has 0 atom stereocenters. The normalized spacial score (nSPS) is 11.3. The zero-order valence-corrected chi connectivity index (χ0v) is 18.1. The number of methoxy groups -OCH3 is 1. The predicted molar refractivity (Wildman–Crippen MR) is 120 cm³/mol. The van der Waals surface area contributed by atoms with Crippen LogP contribution < -0.4 is 10.3 Å². The van der Waals surface area contributed by atoms with Crippen molar-refractivity contribution in [2.24, 2.45) is 0 Å². The van der Waals surface area contributed by atoms with Crippen LogP contribution in [0.15, 0.2) is 69.4 Å². The van der Waals surface area contributed by atoms with Crippen molar-refractivity contribution < 1.29 is 9.15 Å². The van der Waals surface area contributed by atoms with Crippen molar-refractivity contribution in [3.63, 3.8) is 0 Å². The molecule has 0 aliphatic rings. The average Bonchev–Trinajstić information content (AvgIpc) is 3.54. The molecule has 0 unspecified atom stereocenters. The van der Waals surface area contributed by atoms with Gasteiger partial charge in [0, 0.05) is 4.88 Å². The first-order valence-electron chi connectivity index (χ1n) is 9.40. The highest BCUT2D eigenvalue weighted by Crippen LogP contribution is 2.32. The molecular formula is C21H17N5O3S2. The largest absolute Gasteiger partial charge is 0.497 e. The Balaban J connectivity index is 1.36. The standard InChI is InChI=1S/C21H17N5O3S2/c1-28-14-6-4-13(5-7-14)17-9-16-19(31-17)20(27)24-18(23-16)11-30-21-25-22-12-26(21)10-15-3-2-8-29-15/h2-9,12H,10-11H2,1H3,(H,23,24,27). The maximum atomic E-state index is 12.6. The number of hydrogen-bond donors (Lipinski definition) is 1. The minimum absolute atomic E-state index is 0.137. The smallest absolute Gasteiger partial charge is 0.268 e. The van der Waals surface area contributed by atoms with Crippen LogP contribution in [0.3, 0.4) is 0 Å². The van der Waals surface area contributed by atoms with Gasteiger partial charge in [-0.25, -0.2) is 4.98 Å². The van der Waals surface area contributed by atoms with E-state index in [1.807, 2.05) is 47.0 Å². The second-order valence-corrected chi connectivity index (χ2v) is 8.67. The van der Waals surface area contributed by atoms with Gasteiger partial charge in [-0.1, -0.05) is 11.8 Å². The Kier molecular flexibility index (Phi) is 5.31. The van der Waals surface area contributed by atoms with Crippen LogP contribution in [0.1, 0.15) is 11.6 Å². The number of thiophene rings is 1. The van der Waals surface area contributed by atoms with Gasteiger partial charge in [0.15, 0.2) is 5.16 Å². The maximum Gasteiger partial charge on any atom is 0.268 e. The molecule has 5 aromatic rings. The highest BCUT2D eigenvalue weighted by molar-refractivity contribution is 7.98. The fraction of sp³-hybridized carbons (Fsp3) is 0.143. The van der Waals surface area contributed by atoms with E-state index in [9.17, 15) is 4.79 Å². The van der Waals surface area contributed by atoms with Crippen molar-refractivity contribution >= 4 is 33.3 Å². The Hall–Kier alpha value is -3.37. The third-order valence-electron chi connectivity index (χ3n) is 4.63. The molecule has 0 aliphatic carbocycles. The number of ether oxygens (including phenoxy) is 1. The molecule has 0 bridgehead atoms. The Labute approximate surface area is 184 Å². The third kappa shape index (κ3) is 4.12. The number of hydrogen-bond acceptors (Lipinski definition) is 8. The number of thioether (sulfide) groups is 1. The Bertz CT molecular complexity index is 1370. The van der Waals surface area contributed by atoms with Gasteiger partial charge in [-0.2, -0.15) is 0 Å². The number of aromatic nitrogens is 5. The molecule has 4 heterocycles. The quantitative estimate of drug-likeness (QED) is 0.371. The van der Waals surface area contributed by atoms with Crippen molar-refractivity contribution in [1.82, 2.24) is 24.7 Å². The Morgan fingerprint density at radius 3 is 2.90 bits per heavy atom. The molecule has 1 aromatic carbocycles. The number of fused-ring (bicyclic) bond motifs is 1. The molecule has 0 fully saturated rings. The minimum atomic E-state index is -0.137. The van der Waals surface area contributed by atoms with E-state index < -0.39 is 0 Å². The summed E-state index contributed by atoms with van der Waals surface area (Å²) in [7, 11) is 1.64. The molecule has 0 radical (unpaired) electrons. The van der Waals surface area contributed by atoms with Crippen LogP contribution in [-0.4, -0.2) is 31.8 Å². The van der Waals surface area contributed by atoms with Crippen LogP contribution >= 0.6 is 23.1 Å². The van der Waals surface area contributed by atoms with Gasteiger partial charge >= 0.3 is 0 Å².